The maximum absolute atomic E-state index is 12.5. The molecule has 1 saturated carbocycles. The van der Waals surface area contributed by atoms with E-state index < -0.39 is 5.54 Å². The Morgan fingerprint density at radius 1 is 1.14 bits per heavy atom. The number of hydrogen-bond donors (Lipinski definition) is 2. The van der Waals surface area contributed by atoms with Crippen molar-refractivity contribution in [3.63, 3.8) is 0 Å². The number of nitrogens with one attached hydrogen (secondary N) is 1. The fourth-order valence-electron chi connectivity index (χ4n) is 3.28. The topological polar surface area (TPSA) is 55.1 Å². The molecule has 1 amide bonds. The van der Waals surface area contributed by atoms with Gasteiger partial charge in [0.1, 0.15) is 0 Å². The highest BCUT2D eigenvalue weighted by Gasteiger charge is 2.37. The smallest absolute Gasteiger partial charge is 0.240 e. The zero-order valence-electron chi connectivity index (χ0n) is 12.4. The second-order valence-corrected chi connectivity index (χ2v) is 6.13. The summed E-state index contributed by atoms with van der Waals surface area (Å²) < 4.78 is 0. The Bertz CT molecular complexity index is 654. The highest BCUT2D eigenvalue weighted by Crippen LogP contribution is 2.29. The van der Waals surface area contributed by atoms with Gasteiger partial charge in [-0.2, -0.15) is 0 Å². The Labute approximate surface area is 125 Å². The van der Waals surface area contributed by atoms with E-state index in [4.69, 9.17) is 5.73 Å². The molecule has 1 atom stereocenters. The third-order valence-corrected chi connectivity index (χ3v) is 4.59. The molecule has 0 bridgehead atoms. The number of benzene rings is 2. The van der Waals surface area contributed by atoms with Crippen molar-refractivity contribution in [3.05, 3.63) is 48.0 Å². The Kier molecular flexibility index (Phi) is 3.68. The van der Waals surface area contributed by atoms with Crippen LogP contribution in [0.15, 0.2) is 42.5 Å². The quantitative estimate of drug-likeness (QED) is 0.907. The van der Waals surface area contributed by atoms with Crippen LogP contribution in [0.25, 0.3) is 10.8 Å². The number of rotatable bonds is 3. The second kappa shape index (κ2) is 5.49. The fraction of sp³-hybridized carbons (Fsp3) is 0.389. The van der Waals surface area contributed by atoms with Crippen LogP contribution in [0.5, 0.6) is 0 Å². The second-order valence-electron chi connectivity index (χ2n) is 6.13. The Hall–Kier alpha value is -1.87. The number of hydrogen-bond acceptors (Lipinski definition) is 2. The van der Waals surface area contributed by atoms with Crippen LogP contribution in [-0.2, 0) is 4.79 Å². The van der Waals surface area contributed by atoms with E-state index in [0.717, 1.165) is 31.2 Å². The Morgan fingerprint density at radius 3 is 2.57 bits per heavy atom. The lowest BCUT2D eigenvalue weighted by atomic mass is 9.95. The number of nitrogens with two attached hydrogens (primary N) is 1. The van der Waals surface area contributed by atoms with E-state index in [2.05, 4.69) is 29.6 Å². The summed E-state index contributed by atoms with van der Waals surface area (Å²) in [4.78, 5) is 12.5. The number of carbonyl (C=O) groups is 1. The largest absolute Gasteiger partial charge is 0.348 e. The van der Waals surface area contributed by atoms with Gasteiger partial charge in [-0.25, -0.2) is 0 Å². The molecule has 0 radical (unpaired) electrons. The van der Waals surface area contributed by atoms with Gasteiger partial charge in [-0.05, 0) is 36.1 Å². The molecule has 110 valence electrons. The van der Waals surface area contributed by atoms with Crippen LogP contribution in [0.2, 0.25) is 0 Å². The normalized spacial score (nSPS) is 18.6. The highest BCUT2D eigenvalue weighted by molar-refractivity contribution is 5.89. The molecular weight excluding hydrogens is 260 g/mol. The molecule has 1 unspecified atom stereocenters. The van der Waals surface area contributed by atoms with E-state index in [-0.39, 0.29) is 11.9 Å². The molecule has 3 N–H and O–H groups in total. The molecule has 21 heavy (non-hydrogen) atoms. The van der Waals surface area contributed by atoms with Gasteiger partial charge in [-0.15, -0.1) is 0 Å². The monoisotopic (exact) mass is 282 g/mol. The third kappa shape index (κ3) is 2.66. The third-order valence-electron chi connectivity index (χ3n) is 4.59. The molecular formula is C18H22N2O. The zero-order valence-corrected chi connectivity index (χ0v) is 12.4. The van der Waals surface area contributed by atoms with Crippen LogP contribution in [0.1, 0.15) is 44.2 Å². The number of carbonyl (C=O) groups excluding carboxylic acids is 1. The van der Waals surface area contributed by atoms with Gasteiger partial charge in [-0.3, -0.25) is 4.79 Å². The first kappa shape index (κ1) is 14.1. The molecule has 1 aliphatic rings. The van der Waals surface area contributed by atoms with E-state index in [1.807, 2.05) is 25.1 Å². The van der Waals surface area contributed by atoms with Crippen molar-refractivity contribution in [1.29, 1.82) is 0 Å². The maximum Gasteiger partial charge on any atom is 0.240 e. The van der Waals surface area contributed by atoms with Crippen molar-refractivity contribution < 1.29 is 4.79 Å². The molecule has 2 aromatic rings. The van der Waals surface area contributed by atoms with Gasteiger partial charge in [-0.1, -0.05) is 55.3 Å². The minimum absolute atomic E-state index is 0.0135. The van der Waals surface area contributed by atoms with Crippen molar-refractivity contribution in [1.82, 2.24) is 5.32 Å². The average Bonchev–Trinajstić information content (AvgIpc) is 2.95. The van der Waals surface area contributed by atoms with E-state index in [0.29, 0.717) is 0 Å². The van der Waals surface area contributed by atoms with E-state index in [9.17, 15) is 4.79 Å². The first-order valence-corrected chi connectivity index (χ1v) is 7.68. The maximum atomic E-state index is 12.5. The van der Waals surface area contributed by atoms with E-state index in [1.54, 1.807) is 0 Å². The van der Waals surface area contributed by atoms with Crippen LogP contribution in [-0.4, -0.2) is 11.4 Å². The molecule has 3 heteroatoms. The first-order chi connectivity index (χ1) is 10.1. The predicted molar refractivity (Wildman–Crippen MR) is 85.9 cm³/mol. The van der Waals surface area contributed by atoms with Gasteiger partial charge in [0.2, 0.25) is 5.91 Å². The molecule has 1 fully saturated rings. The van der Waals surface area contributed by atoms with Crippen LogP contribution < -0.4 is 11.1 Å². The summed E-state index contributed by atoms with van der Waals surface area (Å²) in [5.41, 5.74) is 6.70. The molecule has 1 aliphatic carbocycles. The van der Waals surface area contributed by atoms with Crippen LogP contribution >= 0.6 is 0 Å². The van der Waals surface area contributed by atoms with Crippen molar-refractivity contribution in [2.24, 2.45) is 5.73 Å². The molecule has 3 nitrogen and oxygen atoms in total. The molecule has 0 saturated heterocycles. The van der Waals surface area contributed by atoms with Crippen LogP contribution in [0.4, 0.5) is 0 Å². The molecule has 2 aromatic carbocycles. The van der Waals surface area contributed by atoms with Crippen LogP contribution in [0.3, 0.4) is 0 Å². The first-order valence-electron chi connectivity index (χ1n) is 7.68. The van der Waals surface area contributed by atoms with Gasteiger partial charge >= 0.3 is 0 Å². The molecule has 0 aliphatic heterocycles. The Balaban J connectivity index is 1.84. The predicted octanol–water partition coefficient (Wildman–Crippen LogP) is 3.29. The SMILES string of the molecule is CC(NC(=O)C1(N)CCCC1)c1cccc2ccccc12. The fourth-order valence-corrected chi connectivity index (χ4v) is 3.28. The van der Waals surface area contributed by atoms with Crippen molar-refractivity contribution >= 4 is 16.7 Å². The van der Waals surface area contributed by atoms with Crippen molar-refractivity contribution in [2.45, 2.75) is 44.2 Å². The minimum Gasteiger partial charge on any atom is -0.348 e. The summed E-state index contributed by atoms with van der Waals surface area (Å²) in [5.74, 6) is -0.0135. The van der Waals surface area contributed by atoms with Gasteiger partial charge in [0.25, 0.3) is 0 Å². The number of amides is 1. The summed E-state index contributed by atoms with van der Waals surface area (Å²) in [6.45, 7) is 2.03. The summed E-state index contributed by atoms with van der Waals surface area (Å²) in [5, 5.41) is 5.49. The average molecular weight is 282 g/mol. The molecule has 0 heterocycles. The lowest BCUT2D eigenvalue weighted by Gasteiger charge is -2.25. The van der Waals surface area contributed by atoms with E-state index in [1.165, 1.54) is 10.8 Å². The van der Waals surface area contributed by atoms with Crippen molar-refractivity contribution in [3.8, 4) is 0 Å². The zero-order chi connectivity index (χ0) is 14.9. The van der Waals surface area contributed by atoms with Gasteiger partial charge < -0.3 is 11.1 Å². The molecule has 0 spiro atoms. The molecule has 3 rings (SSSR count). The molecule has 0 aromatic heterocycles. The summed E-state index contributed by atoms with van der Waals surface area (Å²) in [6, 6.07) is 14.4. The van der Waals surface area contributed by atoms with Gasteiger partial charge in [0.15, 0.2) is 0 Å². The number of fused-ring (bicyclic) bond motifs is 1. The van der Waals surface area contributed by atoms with Gasteiger partial charge in [0, 0.05) is 0 Å². The highest BCUT2D eigenvalue weighted by atomic mass is 16.2. The summed E-state index contributed by atoms with van der Waals surface area (Å²) in [6.07, 6.45) is 3.68. The Morgan fingerprint density at radius 2 is 1.81 bits per heavy atom. The van der Waals surface area contributed by atoms with Gasteiger partial charge in [0.05, 0.1) is 11.6 Å². The standard InChI is InChI=1S/C18H22N2O/c1-13(20-17(21)18(19)11-4-5-12-18)15-10-6-8-14-7-2-3-9-16(14)15/h2-3,6-10,13H,4-5,11-12,19H2,1H3,(H,20,21). The lowest BCUT2D eigenvalue weighted by Crippen LogP contribution is -2.52. The van der Waals surface area contributed by atoms with Crippen molar-refractivity contribution in [2.75, 3.05) is 0 Å². The minimum atomic E-state index is -0.668. The lowest BCUT2D eigenvalue weighted by molar-refractivity contribution is -0.126. The van der Waals surface area contributed by atoms with Crippen LogP contribution in [0, 0.1) is 0 Å². The van der Waals surface area contributed by atoms with E-state index >= 15 is 0 Å². The summed E-state index contributed by atoms with van der Waals surface area (Å²) >= 11 is 0. The summed E-state index contributed by atoms with van der Waals surface area (Å²) in [7, 11) is 0.